The van der Waals surface area contributed by atoms with Crippen molar-refractivity contribution in [1.29, 1.82) is 0 Å². The van der Waals surface area contributed by atoms with Gasteiger partial charge in [-0.25, -0.2) is 14.0 Å². The average molecular weight is 506 g/mol. The molecule has 2 aliphatic heterocycles. The maximum Gasteiger partial charge on any atom is 0.410 e. The predicted octanol–water partition coefficient (Wildman–Crippen LogP) is 5.99. The Labute approximate surface area is 211 Å². The molecule has 0 radical (unpaired) electrons. The molecule has 1 unspecified atom stereocenters. The number of fused-ring (bicyclic) bond motifs is 1. The van der Waals surface area contributed by atoms with Crippen LogP contribution in [0.15, 0.2) is 42.5 Å². The Kier molecular flexibility index (Phi) is 10.8. The molecule has 0 aliphatic carbocycles. The zero-order chi connectivity index (χ0) is 26.7. The summed E-state index contributed by atoms with van der Waals surface area (Å²) in [5.41, 5.74) is -0.755. The quantitative estimate of drug-likeness (QED) is 0.545. The predicted molar refractivity (Wildman–Crippen MR) is 133 cm³/mol. The lowest BCUT2D eigenvalue weighted by Crippen LogP contribution is -2.44. The number of carboxylic acids is 1. The molecular formula is C27H36FNO7. The summed E-state index contributed by atoms with van der Waals surface area (Å²) in [7, 11) is 0. The third-order valence-electron chi connectivity index (χ3n) is 5.10. The molecule has 9 heteroatoms. The average Bonchev–Trinajstić information content (AvgIpc) is 3.32. The summed E-state index contributed by atoms with van der Waals surface area (Å²) in [5, 5.41) is 8.33. The first kappa shape index (κ1) is 28.7. The second kappa shape index (κ2) is 13.6. The lowest BCUT2D eigenvalue weighted by atomic mass is 9.99. The fourth-order valence-electron chi connectivity index (χ4n) is 3.51. The minimum Gasteiger partial charge on any atom is -0.493 e. The number of hydrogen-bond donors (Lipinski definition) is 1. The number of piperidine rings is 1. The van der Waals surface area contributed by atoms with Crippen LogP contribution in [0, 0.1) is 11.7 Å². The number of hydrogen-bond acceptors (Lipinski definition) is 6. The number of likely N-dealkylation sites (tertiary alicyclic amines) is 1. The number of aromatic carboxylic acids is 1. The zero-order valence-electron chi connectivity index (χ0n) is 21.6. The van der Waals surface area contributed by atoms with Crippen molar-refractivity contribution >= 4 is 12.1 Å². The van der Waals surface area contributed by atoms with Crippen molar-refractivity contribution in [3.05, 3.63) is 53.8 Å². The molecule has 1 amide bonds. The molecule has 2 heterocycles. The maximum atomic E-state index is 12.5. The molecule has 1 fully saturated rings. The second-order valence-electron chi connectivity index (χ2n) is 9.05. The van der Waals surface area contributed by atoms with E-state index in [1.807, 2.05) is 52.8 Å². The Hall–Kier alpha value is -3.49. The number of nitrogens with zero attached hydrogens (tertiary/aromatic N) is 1. The number of carbonyl (C=O) groups excluding carboxylic acids is 1. The minimum atomic E-state index is -1.24. The van der Waals surface area contributed by atoms with E-state index in [0.29, 0.717) is 24.8 Å². The van der Waals surface area contributed by atoms with Gasteiger partial charge in [0.15, 0.2) is 11.5 Å². The molecule has 0 spiro atoms. The monoisotopic (exact) mass is 505 g/mol. The van der Waals surface area contributed by atoms with Gasteiger partial charge in [-0.05, 0) is 57.9 Å². The first-order valence-electron chi connectivity index (χ1n) is 12.1. The van der Waals surface area contributed by atoms with Crippen LogP contribution in [0.3, 0.4) is 0 Å². The van der Waals surface area contributed by atoms with Gasteiger partial charge in [-0.3, -0.25) is 0 Å². The molecule has 4 rings (SSSR count). The van der Waals surface area contributed by atoms with E-state index in [9.17, 15) is 14.0 Å². The van der Waals surface area contributed by atoms with Crippen molar-refractivity contribution in [2.45, 2.75) is 53.1 Å². The molecule has 36 heavy (non-hydrogen) atoms. The maximum absolute atomic E-state index is 12.5. The number of amides is 1. The molecule has 8 nitrogen and oxygen atoms in total. The van der Waals surface area contributed by atoms with Gasteiger partial charge in [0, 0.05) is 25.1 Å². The van der Waals surface area contributed by atoms with Crippen LogP contribution in [0.5, 0.6) is 17.2 Å². The van der Waals surface area contributed by atoms with Crippen LogP contribution in [0.1, 0.15) is 57.8 Å². The van der Waals surface area contributed by atoms with Gasteiger partial charge in [-0.2, -0.15) is 0 Å². The van der Waals surface area contributed by atoms with E-state index in [0.717, 1.165) is 37.0 Å². The Morgan fingerprint density at radius 1 is 1.11 bits per heavy atom. The SMILES string of the molecule is CC.CC(C)(C)OC(=O)N1CCCC(COc2ccc3c(c2)OCO3)C1.O=C(O)c1ccccc1F. The molecular weight excluding hydrogens is 469 g/mol. The van der Waals surface area contributed by atoms with Crippen molar-refractivity contribution in [1.82, 2.24) is 4.90 Å². The van der Waals surface area contributed by atoms with Gasteiger partial charge in [0.05, 0.1) is 12.2 Å². The van der Waals surface area contributed by atoms with E-state index < -0.39 is 17.4 Å². The molecule has 198 valence electrons. The van der Waals surface area contributed by atoms with Gasteiger partial charge >= 0.3 is 12.1 Å². The Morgan fingerprint density at radius 3 is 2.44 bits per heavy atom. The van der Waals surface area contributed by atoms with Gasteiger partial charge in [-0.1, -0.05) is 26.0 Å². The molecule has 0 bridgehead atoms. The highest BCUT2D eigenvalue weighted by Crippen LogP contribution is 2.35. The van der Waals surface area contributed by atoms with Crippen molar-refractivity contribution < 1.29 is 38.0 Å². The highest BCUT2D eigenvalue weighted by molar-refractivity contribution is 5.87. The van der Waals surface area contributed by atoms with Crippen LogP contribution in [0.4, 0.5) is 9.18 Å². The van der Waals surface area contributed by atoms with Crippen LogP contribution in [-0.4, -0.2) is 54.2 Å². The van der Waals surface area contributed by atoms with Crippen molar-refractivity contribution in [2.75, 3.05) is 26.5 Å². The Bertz CT molecular complexity index is 1010. The second-order valence-corrected chi connectivity index (χ2v) is 9.05. The Balaban J connectivity index is 0.000000318. The number of carbonyl (C=O) groups is 2. The van der Waals surface area contributed by atoms with Crippen molar-refractivity contribution in [2.24, 2.45) is 5.92 Å². The van der Waals surface area contributed by atoms with E-state index in [4.69, 9.17) is 24.1 Å². The van der Waals surface area contributed by atoms with E-state index in [-0.39, 0.29) is 18.4 Å². The number of ether oxygens (including phenoxy) is 4. The van der Waals surface area contributed by atoms with Gasteiger partial charge in [0.2, 0.25) is 6.79 Å². The third kappa shape index (κ3) is 8.94. The molecule has 1 atom stereocenters. The molecule has 2 aromatic rings. The summed E-state index contributed by atoms with van der Waals surface area (Å²) < 4.78 is 34.4. The van der Waals surface area contributed by atoms with Crippen LogP contribution >= 0.6 is 0 Å². The molecule has 0 aromatic heterocycles. The molecule has 2 aliphatic rings. The zero-order valence-corrected chi connectivity index (χ0v) is 21.6. The van der Waals surface area contributed by atoms with E-state index in [1.54, 1.807) is 4.90 Å². The molecule has 1 saturated heterocycles. The van der Waals surface area contributed by atoms with Gasteiger partial charge in [0.25, 0.3) is 0 Å². The summed E-state index contributed by atoms with van der Waals surface area (Å²) in [4.78, 5) is 24.2. The normalized spacial score (nSPS) is 16.1. The summed E-state index contributed by atoms with van der Waals surface area (Å²) >= 11 is 0. The first-order valence-corrected chi connectivity index (χ1v) is 12.1. The largest absolute Gasteiger partial charge is 0.493 e. The van der Waals surface area contributed by atoms with Crippen molar-refractivity contribution in [3.63, 3.8) is 0 Å². The summed E-state index contributed by atoms with van der Waals surface area (Å²) in [6.07, 6.45) is 1.77. The fraction of sp³-hybridized carbons (Fsp3) is 0.481. The number of halogens is 1. The molecule has 1 N–H and O–H groups in total. The van der Waals surface area contributed by atoms with Crippen LogP contribution in [-0.2, 0) is 4.74 Å². The third-order valence-corrected chi connectivity index (χ3v) is 5.10. The summed E-state index contributed by atoms with van der Waals surface area (Å²) in [5.74, 6) is 0.584. The standard InChI is InChI=1S/C18H25NO5.C7H5FO2.C2H6/c1-18(2,3)24-17(20)19-8-4-5-13(10-19)11-21-14-6-7-15-16(9-14)23-12-22-15;8-6-4-2-1-3-5(6)7(9)10;1-2/h6-7,9,13H,4-5,8,10-12H2,1-3H3;1-4H,(H,9,10);1-2H3. The van der Waals surface area contributed by atoms with E-state index in [1.165, 1.54) is 18.2 Å². The van der Waals surface area contributed by atoms with Crippen molar-refractivity contribution in [3.8, 4) is 17.2 Å². The van der Waals surface area contributed by atoms with Gasteiger partial charge in [-0.15, -0.1) is 0 Å². The van der Waals surface area contributed by atoms with E-state index in [2.05, 4.69) is 0 Å². The minimum absolute atomic E-state index is 0.240. The fourth-order valence-corrected chi connectivity index (χ4v) is 3.51. The summed E-state index contributed by atoms with van der Waals surface area (Å²) in [6, 6.07) is 10.8. The Morgan fingerprint density at radius 2 is 1.81 bits per heavy atom. The van der Waals surface area contributed by atoms with E-state index >= 15 is 0 Å². The highest BCUT2D eigenvalue weighted by atomic mass is 19.1. The number of rotatable bonds is 4. The summed E-state index contributed by atoms with van der Waals surface area (Å²) in [6.45, 7) is 11.9. The smallest absolute Gasteiger partial charge is 0.410 e. The lowest BCUT2D eigenvalue weighted by molar-refractivity contribution is 0.0139. The highest BCUT2D eigenvalue weighted by Gasteiger charge is 2.28. The van der Waals surface area contributed by atoms with Gasteiger partial charge in [0.1, 0.15) is 17.2 Å². The topological polar surface area (TPSA) is 94.5 Å². The van der Waals surface area contributed by atoms with Crippen LogP contribution < -0.4 is 14.2 Å². The molecule has 2 aromatic carbocycles. The number of carboxylic acid groups (broad SMARTS) is 1. The van der Waals surface area contributed by atoms with Crippen LogP contribution in [0.25, 0.3) is 0 Å². The lowest BCUT2D eigenvalue weighted by Gasteiger charge is -2.34. The van der Waals surface area contributed by atoms with Gasteiger partial charge < -0.3 is 29.0 Å². The number of benzene rings is 2. The molecule has 0 saturated carbocycles. The van der Waals surface area contributed by atoms with Crippen LogP contribution in [0.2, 0.25) is 0 Å². The first-order chi connectivity index (χ1) is 17.1.